The Morgan fingerprint density at radius 2 is 1.05 bits per heavy atom. The second-order valence-corrected chi connectivity index (χ2v) is 8.01. The van der Waals surface area contributed by atoms with Crippen LogP contribution in [0.2, 0.25) is 0 Å². The van der Waals surface area contributed by atoms with Crippen molar-refractivity contribution in [2.24, 2.45) is 0 Å². The van der Waals surface area contributed by atoms with Crippen LogP contribution in [-0.4, -0.2) is 16.2 Å². The Hall–Kier alpha value is -2.16. The minimum absolute atomic E-state index is 0.315. The van der Waals surface area contributed by atoms with E-state index in [0.29, 0.717) is 5.54 Å². The van der Waals surface area contributed by atoms with Gasteiger partial charge in [-0.2, -0.15) is 0 Å². The van der Waals surface area contributed by atoms with Gasteiger partial charge < -0.3 is 4.43 Å². The van der Waals surface area contributed by atoms with E-state index in [0.717, 1.165) is 0 Å². The molecule has 3 rings (SSSR count). The molecular weight excluding hydrogens is 284 g/mol. The highest BCUT2D eigenvalue weighted by Crippen LogP contribution is 2.27. The third kappa shape index (κ3) is 3.19. The normalized spacial score (nSPS) is 12.3. The van der Waals surface area contributed by atoms with Gasteiger partial charge in [0.05, 0.1) is 0 Å². The van der Waals surface area contributed by atoms with Crippen LogP contribution in [-0.2, 0) is 4.43 Å². The van der Waals surface area contributed by atoms with Gasteiger partial charge in [0.1, 0.15) is 0 Å². The highest BCUT2D eigenvalue weighted by atomic mass is 28.3. The van der Waals surface area contributed by atoms with Gasteiger partial charge >= 0.3 is 0 Å². The van der Waals surface area contributed by atoms with Crippen molar-refractivity contribution >= 4 is 14.2 Å². The van der Waals surface area contributed by atoms with E-state index in [2.05, 4.69) is 91.0 Å². The molecule has 0 N–H and O–H groups in total. The summed E-state index contributed by atoms with van der Waals surface area (Å²) in [6, 6.07) is 32.0. The van der Waals surface area contributed by atoms with Crippen LogP contribution in [0.3, 0.4) is 0 Å². The molecule has 2 heteroatoms. The summed E-state index contributed by atoms with van der Waals surface area (Å²) in [5.74, 6) is 0. The topological polar surface area (TPSA) is 9.23 Å². The summed E-state index contributed by atoms with van der Waals surface area (Å²) in [4.78, 5) is 0. The molecule has 0 aromatic heterocycles. The third-order valence-corrected chi connectivity index (χ3v) is 6.93. The lowest BCUT2D eigenvalue weighted by molar-refractivity contribution is 0.423. The zero-order chi connectivity index (χ0) is 15.2. The molecule has 0 fully saturated rings. The number of benzene rings is 3. The van der Waals surface area contributed by atoms with E-state index in [1.165, 1.54) is 16.3 Å². The molecule has 3 aromatic rings. The van der Waals surface area contributed by atoms with Crippen molar-refractivity contribution < 1.29 is 4.43 Å². The predicted molar refractivity (Wildman–Crippen MR) is 95.0 cm³/mol. The maximum absolute atomic E-state index is 6.05. The van der Waals surface area contributed by atoms with Crippen LogP contribution in [0.5, 0.6) is 0 Å². The quantitative estimate of drug-likeness (QED) is 0.654. The molecule has 0 saturated carbocycles. The van der Waals surface area contributed by atoms with Gasteiger partial charge in [-0.25, -0.2) is 0 Å². The largest absolute Gasteiger partial charge is 0.418 e. The molecule has 1 atom stereocenters. The molecule has 110 valence electrons. The maximum atomic E-state index is 6.05. The second kappa shape index (κ2) is 7.21. The summed E-state index contributed by atoms with van der Waals surface area (Å²) in [5, 5.41) is 1.34. The van der Waals surface area contributed by atoms with Gasteiger partial charge in [-0.1, -0.05) is 91.0 Å². The Labute approximate surface area is 133 Å². The summed E-state index contributed by atoms with van der Waals surface area (Å²) in [7, 11) is 0.210. The SMILES string of the molecule is CO[SiH](c1ccccc1)C(c1ccccc1)c1ccccc1. The van der Waals surface area contributed by atoms with E-state index >= 15 is 0 Å². The van der Waals surface area contributed by atoms with Gasteiger partial charge in [0.15, 0.2) is 0 Å². The molecule has 0 radical (unpaired) electrons. The minimum atomic E-state index is -1.64. The molecule has 3 aromatic carbocycles. The van der Waals surface area contributed by atoms with Crippen LogP contribution in [0.1, 0.15) is 16.7 Å². The van der Waals surface area contributed by atoms with Gasteiger partial charge in [-0.05, 0) is 16.3 Å². The van der Waals surface area contributed by atoms with Crippen LogP contribution in [0.15, 0.2) is 91.0 Å². The van der Waals surface area contributed by atoms with E-state index in [1.807, 2.05) is 7.11 Å². The van der Waals surface area contributed by atoms with Gasteiger partial charge in [0.2, 0.25) is 9.04 Å². The van der Waals surface area contributed by atoms with Crippen molar-refractivity contribution in [3.63, 3.8) is 0 Å². The van der Waals surface area contributed by atoms with Crippen molar-refractivity contribution in [3.8, 4) is 0 Å². The van der Waals surface area contributed by atoms with Gasteiger partial charge in [0.25, 0.3) is 0 Å². The Balaban J connectivity index is 2.09. The zero-order valence-corrected chi connectivity index (χ0v) is 13.9. The molecule has 1 unspecified atom stereocenters. The summed E-state index contributed by atoms with van der Waals surface area (Å²) in [6.45, 7) is 0. The maximum Gasteiger partial charge on any atom is 0.219 e. The lowest BCUT2D eigenvalue weighted by Gasteiger charge is -2.26. The molecule has 1 nitrogen and oxygen atoms in total. The molecule has 0 aliphatic rings. The van der Waals surface area contributed by atoms with Crippen LogP contribution < -0.4 is 5.19 Å². The summed E-state index contributed by atoms with van der Waals surface area (Å²) < 4.78 is 6.05. The van der Waals surface area contributed by atoms with Crippen LogP contribution in [0.25, 0.3) is 0 Å². The van der Waals surface area contributed by atoms with Crippen molar-refractivity contribution in [2.45, 2.75) is 5.54 Å². The fraction of sp³-hybridized carbons (Fsp3) is 0.100. The third-order valence-electron chi connectivity index (χ3n) is 4.00. The highest BCUT2D eigenvalue weighted by Gasteiger charge is 2.28. The predicted octanol–water partition coefficient (Wildman–Crippen LogP) is 3.64. The molecule has 0 heterocycles. The standard InChI is InChI=1S/C20H20OSi/c1-21-22(19-15-9-4-10-16-19)20(17-11-5-2-6-12-17)18-13-7-3-8-14-18/h2-16,20,22H,1H3. The van der Waals surface area contributed by atoms with E-state index in [-0.39, 0.29) is 0 Å². The van der Waals surface area contributed by atoms with Crippen LogP contribution in [0, 0.1) is 0 Å². The number of hydrogen-bond acceptors (Lipinski definition) is 1. The molecule has 0 amide bonds. The molecule has 0 saturated heterocycles. The summed E-state index contributed by atoms with van der Waals surface area (Å²) >= 11 is 0. The van der Waals surface area contributed by atoms with Crippen LogP contribution >= 0.6 is 0 Å². The van der Waals surface area contributed by atoms with Crippen LogP contribution in [0.4, 0.5) is 0 Å². The first-order valence-corrected chi connectivity index (χ1v) is 9.29. The monoisotopic (exact) mass is 304 g/mol. The molecule has 0 spiro atoms. The minimum Gasteiger partial charge on any atom is -0.418 e. The summed E-state index contributed by atoms with van der Waals surface area (Å²) in [6.07, 6.45) is 0. The molecular formula is C20H20OSi. The molecule has 0 bridgehead atoms. The molecule has 22 heavy (non-hydrogen) atoms. The Bertz CT molecular complexity index is 643. The van der Waals surface area contributed by atoms with E-state index in [9.17, 15) is 0 Å². The number of rotatable bonds is 5. The first-order chi connectivity index (χ1) is 10.9. The Morgan fingerprint density at radius 3 is 1.45 bits per heavy atom. The van der Waals surface area contributed by atoms with Gasteiger partial charge in [-0.15, -0.1) is 0 Å². The van der Waals surface area contributed by atoms with Crippen molar-refractivity contribution in [1.29, 1.82) is 0 Å². The lowest BCUT2D eigenvalue weighted by Crippen LogP contribution is -2.39. The van der Waals surface area contributed by atoms with Crippen molar-refractivity contribution in [2.75, 3.05) is 7.11 Å². The fourth-order valence-corrected chi connectivity index (χ4v) is 5.64. The smallest absolute Gasteiger partial charge is 0.219 e. The van der Waals surface area contributed by atoms with E-state index in [1.54, 1.807) is 0 Å². The summed E-state index contributed by atoms with van der Waals surface area (Å²) in [5.41, 5.74) is 2.97. The average molecular weight is 304 g/mol. The van der Waals surface area contributed by atoms with E-state index in [4.69, 9.17) is 4.43 Å². The van der Waals surface area contributed by atoms with Gasteiger partial charge in [-0.3, -0.25) is 0 Å². The van der Waals surface area contributed by atoms with Gasteiger partial charge in [0, 0.05) is 12.7 Å². The fourth-order valence-electron chi connectivity index (χ4n) is 2.97. The lowest BCUT2D eigenvalue weighted by atomic mass is 10.0. The first kappa shape index (κ1) is 14.8. The number of hydrogen-bond donors (Lipinski definition) is 0. The Kier molecular flexibility index (Phi) is 4.84. The Morgan fingerprint density at radius 1 is 0.636 bits per heavy atom. The zero-order valence-electron chi connectivity index (χ0n) is 12.7. The first-order valence-electron chi connectivity index (χ1n) is 7.58. The average Bonchev–Trinajstić information content (AvgIpc) is 2.62. The second-order valence-electron chi connectivity index (χ2n) is 5.37. The van der Waals surface area contributed by atoms with Crippen molar-refractivity contribution in [1.82, 2.24) is 0 Å². The molecule has 0 aliphatic carbocycles. The highest BCUT2D eigenvalue weighted by molar-refractivity contribution is 6.69. The van der Waals surface area contributed by atoms with E-state index < -0.39 is 9.04 Å². The van der Waals surface area contributed by atoms with Crippen molar-refractivity contribution in [3.05, 3.63) is 102 Å². The molecule has 0 aliphatic heterocycles.